The van der Waals surface area contributed by atoms with E-state index in [2.05, 4.69) is 242 Å². The molecular formula is C74H64N2O2. The predicted molar refractivity (Wildman–Crippen MR) is 326 cm³/mol. The van der Waals surface area contributed by atoms with E-state index in [1.165, 1.54) is 134 Å². The van der Waals surface area contributed by atoms with E-state index >= 15 is 0 Å². The van der Waals surface area contributed by atoms with Crippen LogP contribution < -0.4 is 9.80 Å². The van der Waals surface area contributed by atoms with Crippen molar-refractivity contribution < 1.29 is 9.47 Å². The molecule has 11 aromatic rings. The van der Waals surface area contributed by atoms with Crippen LogP contribution in [0.3, 0.4) is 0 Å². The minimum atomic E-state index is -0.451. The molecule has 0 bridgehead atoms. The Labute approximate surface area is 458 Å². The van der Waals surface area contributed by atoms with Gasteiger partial charge in [0.15, 0.2) is 0 Å². The minimum Gasteiger partial charge on any atom is -0.371 e. The van der Waals surface area contributed by atoms with Gasteiger partial charge < -0.3 is 19.3 Å². The molecule has 2 aliphatic heterocycles. The third-order valence-electron chi connectivity index (χ3n) is 19.6. The van der Waals surface area contributed by atoms with E-state index in [0.29, 0.717) is 0 Å². The van der Waals surface area contributed by atoms with Crippen molar-refractivity contribution in [1.82, 2.24) is 0 Å². The quantitative estimate of drug-likeness (QED) is 0.142. The fraction of sp³-hybridized carbons (Fsp3) is 0.216. The zero-order chi connectivity index (χ0) is 52.4. The Morgan fingerprint density at radius 1 is 0.333 bits per heavy atom. The van der Waals surface area contributed by atoms with Crippen LogP contribution in [0.1, 0.15) is 76.3 Å². The van der Waals surface area contributed by atoms with Gasteiger partial charge >= 0.3 is 0 Å². The molecule has 2 fully saturated rings. The van der Waals surface area contributed by atoms with E-state index in [4.69, 9.17) is 9.47 Å². The highest BCUT2D eigenvalue weighted by molar-refractivity contribution is 6.26. The molecule has 11 aromatic carbocycles. The maximum absolute atomic E-state index is 6.89. The van der Waals surface area contributed by atoms with Gasteiger partial charge in [0.25, 0.3) is 0 Å². The highest BCUT2D eigenvalue weighted by atomic mass is 16.5. The standard InChI is InChI=1S/C74H64N2O2/c1-71-41-15-17-43-73(71,77-3)65-47-53(35-39-67(65)75(71)55-25-7-5-8-26-55)51-33-37-61-63(45-51)69(59-31-19-23-49-21-11-13-29-57(49)59)62-38-34-52(46-64(62)70(61)60-32-20-24-50-22-12-14-30-58(50)60)54-36-40-68-66(48-54)74(78-4)44-18-16-42-72(74,2)76(68)56-27-9-6-10-28-56/h5-14,19-40,45-48H,15-18,41-44H2,1-4H3. The summed E-state index contributed by atoms with van der Waals surface area (Å²) in [5, 5.41) is 9.89. The van der Waals surface area contributed by atoms with Crippen LogP contribution in [-0.2, 0) is 20.7 Å². The number of methoxy groups -OCH3 is 2. The van der Waals surface area contributed by atoms with Crippen LogP contribution in [0.5, 0.6) is 0 Å². The second kappa shape index (κ2) is 17.8. The van der Waals surface area contributed by atoms with Crippen LogP contribution in [0.4, 0.5) is 22.7 Å². The van der Waals surface area contributed by atoms with E-state index in [9.17, 15) is 0 Å². The Bertz CT molecular complexity index is 3920. The van der Waals surface area contributed by atoms with Gasteiger partial charge in [-0.25, -0.2) is 0 Å². The van der Waals surface area contributed by atoms with Crippen LogP contribution >= 0.6 is 0 Å². The molecule has 4 unspecified atom stereocenters. The number of anilines is 4. The van der Waals surface area contributed by atoms with Crippen molar-refractivity contribution in [2.24, 2.45) is 0 Å². The SMILES string of the molecule is COC12CCCCC1(C)N(c1ccccc1)c1ccc(-c3ccc4c(-c5cccc6ccccc56)c5cc(-c6ccc7c(c6)C6(OC)CCCCC6(C)N7c6ccccc6)ccc5c(-c5cccc6ccccc56)c4c3)cc12. The van der Waals surface area contributed by atoms with E-state index in [1.54, 1.807) is 0 Å². The Balaban J connectivity index is 0.993. The maximum atomic E-state index is 6.89. The molecule has 0 radical (unpaired) electrons. The van der Waals surface area contributed by atoms with Crippen LogP contribution in [0, 0.1) is 0 Å². The summed E-state index contributed by atoms with van der Waals surface area (Å²) in [7, 11) is 3.89. The molecule has 4 heteroatoms. The summed E-state index contributed by atoms with van der Waals surface area (Å²) < 4.78 is 13.8. The number of rotatable bonds is 8. The Morgan fingerprint density at radius 2 is 0.705 bits per heavy atom. The summed E-state index contributed by atoms with van der Waals surface area (Å²) in [5.41, 5.74) is 15.9. The predicted octanol–water partition coefficient (Wildman–Crippen LogP) is 19.6. The number of para-hydroxylation sites is 2. The van der Waals surface area contributed by atoms with E-state index in [-0.39, 0.29) is 11.1 Å². The van der Waals surface area contributed by atoms with Crippen molar-refractivity contribution in [2.45, 2.75) is 87.5 Å². The number of fused-ring (bicyclic) bond motifs is 10. The zero-order valence-electron chi connectivity index (χ0n) is 45.2. The van der Waals surface area contributed by atoms with Gasteiger partial charge in [0.05, 0.1) is 11.1 Å². The molecule has 4 aliphatic rings. The summed E-state index contributed by atoms with van der Waals surface area (Å²) in [6.45, 7) is 4.87. The molecule has 4 atom stereocenters. The van der Waals surface area contributed by atoms with Gasteiger partial charge in [0, 0.05) is 48.1 Å². The van der Waals surface area contributed by atoms with Gasteiger partial charge in [-0.2, -0.15) is 0 Å². The number of nitrogens with zero attached hydrogens (tertiary/aromatic N) is 2. The van der Waals surface area contributed by atoms with Crippen LogP contribution in [0.2, 0.25) is 0 Å². The summed E-state index contributed by atoms with van der Waals surface area (Å²) >= 11 is 0. The van der Waals surface area contributed by atoms with Gasteiger partial charge in [-0.15, -0.1) is 0 Å². The van der Waals surface area contributed by atoms with E-state index in [1.807, 2.05) is 14.2 Å². The first-order valence-electron chi connectivity index (χ1n) is 28.4. The highest BCUT2D eigenvalue weighted by Crippen LogP contribution is 2.64. The fourth-order valence-corrected chi connectivity index (χ4v) is 16.0. The van der Waals surface area contributed by atoms with Crippen LogP contribution in [0.15, 0.2) is 218 Å². The Hall–Kier alpha value is -8.02. The first kappa shape index (κ1) is 47.2. The first-order chi connectivity index (χ1) is 38.3. The molecule has 15 rings (SSSR count). The van der Waals surface area contributed by atoms with E-state index < -0.39 is 11.2 Å². The largest absolute Gasteiger partial charge is 0.371 e. The first-order valence-corrected chi connectivity index (χ1v) is 28.4. The van der Waals surface area contributed by atoms with Crippen molar-refractivity contribution in [3.05, 3.63) is 230 Å². The van der Waals surface area contributed by atoms with Gasteiger partial charge in [0.2, 0.25) is 0 Å². The lowest BCUT2D eigenvalue weighted by molar-refractivity contribution is -0.0872. The lowest BCUT2D eigenvalue weighted by Crippen LogP contribution is -2.57. The smallest absolute Gasteiger partial charge is 0.118 e. The van der Waals surface area contributed by atoms with Crippen LogP contribution in [-0.4, -0.2) is 25.3 Å². The lowest BCUT2D eigenvalue weighted by atomic mass is 9.68. The van der Waals surface area contributed by atoms with Gasteiger partial charge in [-0.1, -0.05) is 183 Å². The summed E-state index contributed by atoms with van der Waals surface area (Å²) in [4.78, 5) is 5.19. The van der Waals surface area contributed by atoms with Crippen molar-refractivity contribution in [2.75, 3.05) is 24.0 Å². The second-order valence-electron chi connectivity index (χ2n) is 23.2. The van der Waals surface area contributed by atoms with Crippen molar-refractivity contribution in [3.8, 4) is 44.5 Å². The molecule has 2 aliphatic carbocycles. The number of hydrogen-bond acceptors (Lipinski definition) is 4. The van der Waals surface area contributed by atoms with Gasteiger partial charge in [0.1, 0.15) is 11.2 Å². The monoisotopic (exact) mass is 1010 g/mol. The van der Waals surface area contributed by atoms with Crippen LogP contribution in [0.25, 0.3) is 87.6 Å². The van der Waals surface area contributed by atoms with Gasteiger partial charge in [-0.05, 0) is 188 Å². The fourth-order valence-electron chi connectivity index (χ4n) is 16.0. The molecule has 0 spiro atoms. The molecule has 2 heterocycles. The number of ether oxygens (including phenoxy) is 2. The average Bonchev–Trinajstić information content (AvgIpc) is 4.10. The van der Waals surface area contributed by atoms with Crippen molar-refractivity contribution >= 4 is 65.8 Å². The lowest BCUT2D eigenvalue weighted by Gasteiger charge is -2.50. The molecule has 0 N–H and O–H groups in total. The van der Waals surface area contributed by atoms with E-state index in [0.717, 1.165) is 38.5 Å². The molecule has 78 heavy (non-hydrogen) atoms. The highest BCUT2D eigenvalue weighted by Gasteiger charge is 2.62. The maximum Gasteiger partial charge on any atom is 0.118 e. The van der Waals surface area contributed by atoms with Gasteiger partial charge in [-0.3, -0.25) is 0 Å². The number of benzene rings is 11. The Kier molecular flexibility index (Phi) is 10.7. The second-order valence-corrected chi connectivity index (χ2v) is 23.2. The molecule has 2 saturated carbocycles. The molecule has 4 nitrogen and oxygen atoms in total. The number of hydrogen-bond donors (Lipinski definition) is 0. The summed E-state index contributed by atoms with van der Waals surface area (Å²) in [6, 6.07) is 82.5. The average molecular weight is 1010 g/mol. The zero-order valence-corrected chi connectivity index (χ0v) is 45.2. The molecular weight excluding hydrogens is 949 g/mol. The molecule has 382 valence electrons. The third kappa shape index (κ3) is 6.54. The third-order valence-corrected chi connectivity index (χ3v) is 19.6. The minimum absolute atomic E-state index is 0.234. The normalized spacial score (nSPS) is 22.5. The summed E-state index contributed by atoms with van der Waals surface area (Å²) in [6.07, 6.45) is 8.71. The Morgan fingerprint density at radius 3 is 1.14 bits per heavy atom. The van der Waals surface area contributed by atoms with Crippen molar-refractivity contribution in [1.29, 1.82) is 0 Å². The molecule has 0 aromatic heterocycles. The molecule has 0 saturated heterocycles. The summed E-state index contributed by atoms with van der Waals surface area (Å²) in [5.74, 6) is 0. The van der Waals surface area contributed by atoms with Crippen molar-refractivity contribution in [3.63, 3.8) is 0 Å². The molecule has 0 amide bonds. The topological polar surface area (TPSA) is 24.9 Å².